The molecule has 2 rings (SSSR count). The van der Waals surface area contributed by atoms with Crippen molar-refractivity contribution < 1.29 is 27.9 Å². The quantitative estimate of drug-likeness (QED) is 0.468. The van der Waals surface area contributed by atoms with Crippen molar-refractivity contribution in [2.24, 2.45) is 5.92 Å². The summed E-state index contributed by atoms with van der Waals surface area (Å²) in [6, 6.07) is 6.13. The van der Waals surface area contributed by atoms with Crippen molar-refractivity contribution in [2.75, 3.05) is 37.7 Å². The highest BCUT2D eigenvalue weighted by molar-refractivity contribution is 7.79. The van der Waals surface area contributed by atoms with Crippen molar-refractivity contribution in [3.05, 3.63) is 30.1 Å². The van der Waals surface area contributed by atoms with Crippen LogP contribution >= 0.6 is 0 Å². The smallest absolute Gasteiger partial charge is 0.249 e. The third-order valence-electron chi connectivity index (χ3n) is 4.64. The van der Waals surface area contributed by atoms with E-state index in [9.17, 15) is 23.1 Å². The number of hydrogen-bond donors (Lipinski definition) is 2. The minimum atomic E-state index is -2.56. The zero-order valence-corrected chi connectivity index (χ0v) is 17.8. The Morgan fingerprint density at radius 1 is 1.28 bits per heavy atom. The summed E-state index contributed by atoms with van der Waals surface area (Å²) in [6.07, 6.45) is -0.00381. The van der Waals surface area contributed by atoms with Crippen LogP contribution in [0.15, 0.2) is 24.3 Å². The van der Waals surface area contributed by atoms with Gasteiger partial charge in [0.2, 0.25) is 5.91 Å². The van der Waals surface area contributed by atoms with Gasteiger partial charge in [0.15, 0.2) is 0 Å². The molecule has 0 bridgehead atoms. The maximum atomic E-state index is 13.1. The number of piperazine rings is 1. The Morgan fingerprint density at radius 3 is 2.34 bits per heavy atom. The molecule has 29 heavy (non-hydrogen) atoms. The van der Waals surface area contributed by atoms with Gasteiger partial charge < -0.3 is 14.6 Å². The fourth-order valence-corrected chi connectivity index (χ4v) is 4.20. The van der Waals surface area contributed by atoms with Gasteiger partial charge in [-0.2, -0.15) is 0 Å². The largest absolute Gasteiger partial charge is 0.771 e. The predicted octanol–water partition coefficient (Wildman–Crippen LogP) is 0.998. The second-order valence-corrected chi connectivity index (χ2v) is 8.95. The van der Waals surface area contributed by atoms with Crippen LogP contribution in [0.4, 0.5) is 10.1 Å². The summed E-state index contributed by atoms with van der Waals surface area (Å²) in [4.78, 5) is 21.6. The summed E-state index contributed by atoms with van der Waals surface area (Å²) in [6.45, 7) is 6.83. The number of carbonyl (C=O) groups is 1. The van der Waals surface area contributed by atoms with Gasteiger partial charge in [0.05, 0.1) is 16.9 Å². The minimum Gasteiger partial charge on any atom is -0.771 e. The van der Waals surface area contributed by atoms with Crippen LogP contribution in [0.25, 0.3) is 0 Å². The van der Waals surface area contributed by atoms with E-state index in [4.69, 9.17) is 4.84 Å². The summed E-state index contributed by atoms with van der Waals surface area (Å²) < 4.78 is 37.1. The molecule has 1 aliphatic heterocycles. The number of carbonyl (C=O) groups excluding carboxylic acids is 1. The van der Waals surface area contributed by atoms with Crippen molar-refractivity contribution in [1.29, 1.82) is 0 Å². The molecule has 10 heteroatoms. The molecular formula is C19H29FN3O5S-. The topological polar surface area (TPSA) is 105 Å². The molecule has 8 nitrogen and oxygen atoms in total. The van der Waals surface area contributed by atoms with Crippen LogP contribution in [0.1, 0.15) is 27.2 Å². The molecule has 1 heterocycles. The van der Waals surface area contributed by atoms with Crippen molar-refractivity contribution in [3.8, 4) is 0 Å². The zero-order valence-electron chi connectivity index (χ0n) is 17.0. The molecule has 1 aromatic carbocycles. The number of nitrogens with one attached hydrogen (secondary N) is 1. The molecular weight excluding hydrogens is 401 g/mol. The summed E-state index contributed by atoms with van der Waals surface area (Å²) >= 11 is -2.56. The van der Waals surface area contributed by atoms with E-state index in [0.29, 0.717) is 26.2 Å². The second kappa shape index (κ2) is 10.4. The Kier molecular flexibility index (Phi) is 8.53. The third-order valence-corrected chi connectivity index (χ3v) is 5.66. The predicted molar refractivity (Wildman–Crippen MR) is 107 cm³/mol. The first kappa shape index (κ1) is 23.7. The Bertz CT molecular complexity index is 690. The first-order valence-electron chi connectivity index (χ1n) is 9.53. The van der Waals surface area contributed by atoms with E-state index in [0.717, 1.165) is 5.69 Å². The van der Waals surface area contributed by atoms with Crippen LogP contribution in [0, 0.1) is 11.7 Å². The molecule has 3 unspecified atom stereocenters. The van der Waals surface area contributed by atoms with Crippen molar-refractivity contribution in [3.63, 3.8) is 0 Å². The number of aliphatic hydroxyl groups excluding tert-OH is 1. The van der Waals surface area contributed by atoms with Crippen molar-refractivity contribution >= 4 is 22.7 Å². The molecule has 1 amide bonds. The fraction of sp³-hybridized carbons (Fsp3) is 0.632. The minimum absolute atomic E-state index is 0.00381. The molecule has 0 saturated carbocycles. The highest BCUT2D eigenvalue weighted by atomic mass is 32.2. The number of anilines is 1. The van der Waals surface area contributed by atoms with Crippen LogP contribution in [-0.2, 0) is 20.7 Å². The standard InChI is InChI=1S/C19H30FN3O5S/c1-19(2,3)28-21-17(25)16(8-13-24)18(29(26)27)23-11-9-22(10-12-23)15-6-4-14(20)5-7-15/h4-7,16,18,24H,8-13H2,1-3H3,(H,21,25)(H,26,27)/p-1. The Morgan fingerprint density at radius 2 is 1.86 bits per heavy atom. The lowest BCUT2D eigenvalue weighted by Crippen LogP contribution is -2.56. The molecule has 164 valence electrons. The highest BCUT2D eigenvalue weighted by Gasteiger charge is 2.36. The Hall–Kier alpha value is -1.59. The van der Waals surface area contributed by atoms with E-state index in [1.165, 1.54) is 12.1 Å². The van der Waals surface area contributed by atoms with Gasteiger partial charge in [-0.05, 0) is 62.5 Å². The van der Waals surface area contributed by atoms with Crippen molar-refractivity contribution in [1.82, 2.24) is 10.4 Å². The third kappa shape index (κ3) is 7.00. The molecule has 0 radical (unpaired) electrons. The van der Waals surface area contributed by atoms with Crippen LogP contribution in [0.3, 0.4) is 0 Å². The van der Waals surface area contributed by atoms with E-state index in [1.54, 1.807) is 37.8 Å². The summed E-state index contributed by atoms with van der Waals surface area (Å²) in [7, 11) is 0. The molecule has 1 aromatic rings. The molecule has 3 atom stereocenters. The number of benzene rings is 1. The number of hydrogen-bond acceptors (Lipinski definition) is 7. The Labute approximate surface area is 173 Å². The lowest BCUT2D eigenvalue weighted by Gasteiger charge is -2.43. The number of nitrogens with zero attached hydrogens (tertiary/aromatic N) is 2. The fourth-order valence-electron chi connectivity index (χ4n) is 3.22. The van der Waals surface area contributed by atoms with Gasteiger partial charge in [-0.15, -0.1) is 0 Å². The van der Waals surface area contributed by atoms with Crippen LogP contribution in [0.2, 0.25) is 0 Å². The molecule has 1 fully saturated rings. The lowest BCUT2D eigenvalue weighted by molar-refractivity contribution is -0.151. The van der Waals surface area contributed by atoms with E-state index in [2.05, 4.69) is 5.48 Å². The van der Waals surface area contributed by atoms with E-state index >= 15 is 0 Å². The first-order valence-corrected chi connectivity index (χ1v) is 10.7. The molecule has 0 aromatic heterocycles. The summed E-state index contributed by atoms with van der Waals surface area (Å²) in [5, 5.41) is 8.29. The Balaban J connectivity index is 2.07. The first-order chi connectivity index (χ1) is 13.6. The van der Waals surface area contributed by atoms with Crippen LogP contribution in [0.5, 0.6) is 0 Å². The van der Waals surface area contributed by atoms with E-state index in [-0.39, 0.29) is 18.8 Å². The number of rotatable bonds is 8. The zero-order chi connectivity index (χ0) is 21.6. The highest BCUT2D eigenvalue weighted by Crippen LogP contribution is 2.23. The molecule has 0 aliphatic carbocycles. The number of amides is 1. The average Bonchev–Trinajstić information content (AvgIpc) is 2.66. The van der Waals surface area contributed by atoms with E-state index in [1.807, 2.05) is 4.90 Å². The van der Waals surface area contributed by atoms with Gasteiger partial charge in [0.1, 0.15) is 5.82 Å². The number of hydroxylamine groups is 1. The maximum Gasteiger partial charge on any atom is 0.249 e. The van der Waals surface area contributed by atoms with Crippen LogP contribution in [-0.4, -0.2) is 68.4 Å². The van der Waals surface area contributed by atoms with Gasteiger partial charge in [-0.3, -0.25) is 18.7 Å². The molecule has 2 N–H and O–H groups in total. The van der Waals surface area contributed by atoms with E-state index < -0.39 is 33.9 Å². The monoisotopic (exact) mass is 430 g/mol. The second-order valence-electron chi connectivity index (χ2n) is 7.95. The average molecular weight is 431 g/mol. The summed E-state index contributed by atoms with van der Waals surface area (Å²) in [5.41, 5.74) is 2.55. The molecule has 1 saturated heterocycles. The van der Waals surface area contributed by atoms with Crippen LogP contribution < -0.4 is 10.4 Å². The molecule has 1 aliphatic rings. The number of halogens is 1. The van der Waals surface area contributed by atoms with Gasteiger partial charge in [-0.1, -0.05) is 0 Å². The van der Waals surface area contributed by atoms with Gasteiger partial charge in [0.25, 0.3) is 0 Å². The number of aliphatic hydroxyl groups is 1. The van der Waals surface area contributed by atoms with Gasteiger partial charge in [-0.25, -0.2) is 9.87 Å². The molecule has 0 spiro atoms. The summed E-state index contributed by atoms with van der Waals surface area (Å²) in [5.74, 6) is -1.87. The SMILES string of the molecule is CC(C)(C)ONC(=O)C(CCO)C(N1CCN(c2ccc(F)cc2)CC1)S(=O)[O-]. The maximum absolute atomic E-state index is 13.1. The normalized spacial score (nSPS) is 18.9. The van der Waals surface area contributed by atoms with Crippen molar-refractivity contribution in [2.45, 2.75) is 38.2 Å². The van der Waals surface area contributed by atoms with Gasteiger partial charge in [0, 0.05) is 38.5 Å². The van der Waals surface area contributed by atoms with Gasteiger partial charge >= 0.3 is 0 Å². The lowest BCUT2D eigenvalue weighted by atomic mass is 10.0.